The van der Waals surface area contributed by atoms with Gasteiger partial charge in [0.1, 0.15) is 0 Å². The van der Waals surface area contributed by atoms with Gasteiger partial charge in [0.2, 0.25) is 0 Å². The number of Topliss-reactive ketones (excluding diaryl/α,β-unsaturated/α-hetero) is 1. The highest BCUT2D eigenvalue weighted by Gasteiger charge is 2.27. The van der Waals surface area contributed by atoms with E-state index < -0.39 is 0 Å². The van der Waals surface area contributed by atoms with Crippen LogP contribution in [-0.4, -0.2) is 5.78 Å². The third-order valence-electron chi connectivity index (χ3n) is 4.08. The SMILES string of the molecule is CC(C)(C)[C@H](CC(=O)c1ccccc1)Cc1ccccc1. The number of hydrogen-bond acceptors (Lipinski definition) is 1. The quantitative estimate of drug-likeness (QED) is 0.691. The van der Waals surface area contributed by atoms with Gasteiger partial charge in [0.05, 0.1) is 0 Å². The van der Waals surface area contributed by atoms with Crippen LogP contribution in [0.2, 0.25) is 0 Å². The van der Waals surface area contributed by atoms with Crippen molar-refractivity contribution in [1.29, 1.82) is 0 Å². The molecule has 0 N–H and O–H groups in total. The van der Waals surface area contributed by atoms with Crippen molar-refractivity contribution in [3.63, 3.8) is 0 Å². The maximum atomic E-state index is 12.5. The summed E-state index contributed by atoms with van der Waals surface area (Å²) in [4.78, 5) is 12.5. The average molecular weight is 280 g/mol. The Kier molecular flexibility index (Phi) is 4.95. The molecule has 110 valence electrons. The molecule has 1 atom stereocenters. The lowest BCUT2D eigenvalue weighted by atomic mass is 9.74. The van der Waals surface area contributed by atoms with E-state index in [1.165, 1.54) is 5.56 Å². The molecule has 0 aliphatic rings. The van der Waals surface area contributed by atoms with Gasteiger partial charge in [-0.05, 0) is 23.3 Å². The van der Waals surface area contributed by atoms with Crippen LogP contribution in [-0.2, 0) is 6.42 Å². The van der Waals surface area contributed by atoms with Gasteiger partial charge in [0, 0.05) is 12.0 Å². The van der Waals surface area contributed by atoms with E-state index in [4.69, 9.17) is 0 Å². The van der Waals surface area contributed by atoms with Gasteiger partial charge in [-0.15, -0.1) is 0 Å². The first-order valence-corrected chi connectivity index (χ1v) is 7.59. The molecule has 0 fully saturated rings. The van der Waals surface area contributed by atoms with Gasteiger partial charge in [-0.25, -0.2) is 0 Å². The number of benzene rings is 2. The molecule has 0 amide bonds. The second kappa shape index (κ2) is 6.71. The minimum absolute atomic E-state index is 0.111. The molecule has 21 heavy (non-hydrogen) atoms. The first kappa shape index (κ1) is 15.5. The lowest BCUT2D eigenvalue weighted by molar-refractivity contribution is 0.0915. The molecule has 0 aromatic heterocycles. The average Bonchev–Trinajstić information content (AvgIpc) is 2.47. The second-order valence-electron chi connectivity index (χ2n) is 6.75. The number of rotatable bonds is 5. The highest BCUT2D eigenvalue weighted by Crippen LogP contribution is 2.32. The first-order valence-electron chi connectivity index (χ1n) is 7.59. The lowest BCUT2D eigenvalue weighted by Crippen LogP contribution is -2.25. The summed E-state index contributed by atoms with van der Waals surface area (Å²) in [7, 11) is 0. The fraction of sp³-hybridized carbons (Fsp3) is 0.350. The predicted octanol–water partition coefficient (Wildman–Crippen LogP) is 5.16. The molecule has 0 saturated heterocycles. The van der Waals surface area contributed by atoms with Gasteiger partial charge in [-0.2, -0.15) is 0 Å². The first-order chi connectivity index (χ1) is 9.97. The molecule has 2 aromatic carbocycles. The van der Waals surface area contributed by atoms with Crippen molar-refractivity contribution in [3.8, 4) is 0 Å². The molecule has 0 aliphatic heterocycles. The molecule has 0 saturated carbocycles. The van der Waals surface area contributed by atoms with E-state index >= 15 is 0 Å². The minimum Gasteiger partial charge on any atom is -0.294 e. The van der Waals surface area contributed by atoms with Gasteiger partial charge in [0.15, 0.2) is 5.78 Å². The molecule has 1 nitrogen and oxygen atoms in total. The van der Waals surface area contributed by atoms with Crippen LogP contribution in [0.5, 0.6) is 0 Å². The Morgan fingerprint density at radius 1 is 0.905 bits per heavy atom. The summed E-state index contributed by atoms with van der Waals surface area (Å²) in [5, 5.41) is 0. The molecule has 0 spiro atoms. The van der Waals surface area contributed by atoms with Gasteiger partial charge in [-0.3, -0.25) is 4.79 Å². The Labute approximate surface area is 128 Å². The largest absolute Gasteiger partial charge is 0.294 e. The molecule has 0 aliphatic carbocycles. The molecular formula is C20H24O. The van der Waals surface area contributed by atoms with Gasteiger partial charge in [-0.1, -0.05) is 81.4 Å². The van der Waals surface area contributed by atoms with Crippen molar-refractivity contribution < 1.29 is 4.79 Å². The molecule has 2 rings (SSSR count). The topological polar surface area (TPSA) is 17.1 Å². The summed E-state index contributed by atoms with van der Waals surface area (Å²) in [6.45, 7) is 6.66. The summed E-state index contributed by atoms with van der Waals surface area (Å²) in [6.07, 6.45) is 1.55. The molecule has 0 unspecified atom stereocenters. The number of ketones is 1. The van der Waals surface area contributed by atoms with Crippen LogP contribution in [0.25, 0.3) is 0 Å². The van der Waals surface area contributed by atoms with Gasteiger partial charge < -0.3 is 0 Å². The second-order valence-corrected chi connectivity index (χ2v) is 6.75. The van der Waals surface area contributed by atoms with E-state index in [-0.39, 0.29) is 11.2 Å². The number of carbonyl (C=O) groups is 1. The van der Waals surface area contributed by atoms with Crippen LogP contribution in [0.3, 0.4) is 0 Å². The Morgan fingerprint density at radius 2 is 1.43 bits per heavy atom. The highest BCUT2D eigenvalue weighted by molar-refractivity contribution is 5.96. The van der Waals surface area contributed by atoms with Crippen molar-refractivity contribution in [3.05, 3.63) is 71.8 Å². The van der Waals surface area contributed by atoms with Crippen molar-refractivity contribution in [2.75, 3.05) is 0 Å². The van der Waals surface area contributed by atoms with Crippen LogP contribution in [0.4, 0.5) is 0 Å². The molecular weight excluding hydrogens is 256 g/mol. The lowest BCUT2D eigenvalue weighted by Gasteiger charge is -2.30. The van der Waals surface area contributed by atoms with Crippen LogP contribution in [0.1, 0.15) is 43.1 Å². The molecule has 0 bridgehead atoms. The summed E-state index contributed by atoms with van der Waals surface area (Å²) >= 11 is 0. The Morgan fingerprint density at radius 3 is 1.95 bits per heavy atom. The van der Waals surface area contributed by atoms with E-state index in [1.54, 1.807) is 0 Å². The third-order valence-corrected chi connectivity index (χ3v) is 4.08. The van der Waals surface area contributed by atoms with E-state index in [0.29, 0.717) is 12.3 Å². The summed E-state index contributed by atoms with van der Waals surface area (Å²) in [5.74, 6) is 0.582. The Hall–Kier alpha value is -1.89. The fourth-order valence-electron chi connectivity index (χ4n) is 2.55. The van der Waals surface area contributed by atoms with Gasteiger partial charge >= 0.3 is 0 Å². The third kappa shape index (κ3) is 4.56. The zero-order valence-electron chi connectivity index (χ0n) is 13.2. The number of carbonyl (C=O) groups excluding carboxylic acids is 1. The van der Waals surface area contributed by atoms with Crippen molar-refractivity contribution in [2.24, 2.45) is 11.3 Å². The summed E-state index contributed by atoms with van der Waals surface area (Å²) in [5.41, 5.74) is 2.23. The fourth-order valence-corrected chi connectivity index (χ4v) is 2.55. The monoisotopic (exact) mass is 280 g/mol. The molecule has 1 heteroatoms. The molecule has 2 aromatic rings. The predicted molar refractivity (Wildman–Crippen MR) is 88.5 cm³/mol. The summed E-state index contributed by atoms with van der Waals surface area (Å²) < 4.78 is 0. The van der Waals surface area contributed by atoms with E-state index in [2.05, 4.69) is 45.0 Å². The van der Waals surface area contributed by atoms with Crippen LogP contribution in [0.15, 0.2) is 60.7 Å². The molecule has 0 heterocycles. The van der Waals surface area contributed by atoms with E-state index in [9.17, 15) is 4.79 Å². The smallest absolute Gasteiger partial charge is 0.163 e. The summed E-state index contributed by atoms with van der Waals surface area (Å²) in [6, 6.07) is 20.1. The van der Waals surface area contributed by atoms with Crippen LogP contribution < -0.4 is 0 Å². The van der Waals surface area contributed by atoms with E-state index in [1.807, 2.05) is 36.4 Å². The normalized spacial score (nSPS) is 12.9. The maximum Gasteiger partial charge on any atom is 0.163 e. The van der Waals surface area contributed by atoms with Crippen LogP contribution >= 0.6 is 0 Å². The van der Waals surface area contributed by atoms with Gasteiger partial charge in [0.25, 0.3) is 0 Å². The Bertz CT molecular complexity index is 564. The van der Waals surface area contributed by atoms with Crippen molar-refractivity contribution in [2.45, 2.75) is 33.6 Å². The highest BCUT2D eigenvalue weighted by atomic mass is 16.1. The standard InChI is InChI=1S/C20H24O/c1-20(2,3)18(14-16-10-6-4-7-11-16)15-19(21)17-12-8-5-9-13-17/h4-13,18H,14-15H2,1-3H3/t18-/m0/s1. The zero-order valence-corrected chi connectivity index (χ0v) is 13.2. The number of hydrogen-bond donors (Lipinski definition) is 0. The van der Waals surface area contributed by atoms with E-state index in [0.717, 1.165) is 12.0 Å². The zero-order chi connectivity index (χ0) is 15.3. The maximum absolute atomic E-state index is 12.5. The van der Waals surface area contributed by atoms with Crippen molar-refractivity contribution in [1.82, 2.24) is 0 Å². The van der Waals surface area contributed by atoms with Crippen LogP contribution in [0, 0.1) is 11.3 Å². The van der Waals surface area contributed by atoms with Crippen molar-refractivity contribution >= 4 is 5.78 Å². The minimum atomic E-state index is 0.111. The molecule has 0 radical (unpaired) electrons. The Balaban J connectivity index is 2.12.